The molecule has 172 valence electrons. The van der Waals surface area contributed by atoms with Crippen LogP contribution in [0.25, 0.3) is 50.6 Å². The maximum atomic E-state index is 4.95. The van der Waals surface area contributed by atoms with E-state index in [2.05, 4.69) is 124 Å². The van der Waals surface area contributed by atoms with Crippen LogP contribution >= 0.6 is 0 Å². The fraction of sp³-hybridized carbons (Fsp3) is 0.0968. The van der Waals surface area contributed by atoms with E-state index in [9.17, 15) is 0 Å². The number of aromatic nitrogens is 5. The van der Waals surface area contributed by atoms with Crippen LogP contribution in [0, 0.1) is 0 Å². The van der Waals surface area contributed by atoms with Gasteiger partial charge in [-0.3, -0.25) is 4.57 Å². The molecule has 4 aromatic carbocycles. The lowest BCUT2D eigenvalue weighted by molar-refractivity contribution is 0.629. The van der Waals surface area contributed by atoms with Gasteiger partial charge in [0.2, 0.25) is 0 Å². The van der Waals surface area contributed by atoms with Gasteiger partial charge in [0.1, 0.15) is 12.7 Å². The van der Waals surface area contributed by atoms with Crippen molar-refractivity contribution in [3.63, 3.8) is 0 Å². The summed E-state index contributed by atoms with van der Waals surface area (Å²) in [5.41, 5.74) is 10.3. The quantitative estimate of drug-likeness (QED) is 0.287. The lowest BCUT2D eigenvalue weighted by atomic mass is 9.74. The summed E-state index contributed by atoms with van der Waals surface area (Å²) in [4.78, 5) is 17.8. The zero-order valence-electron chi connectivity index (χ0n) is 20.1. The molecule has 0 bridgehead atoms. The van der Waals surface area contributed by atoms with Crippen LogP contribution in [0.4, 0.5) is 0 Å². The predicted octanol–water partition coefficient (Wildman–Crippen LogP) is 6.85. The van der Waals surface area contributed by atoms with E-state index in [4.69, 9.17) is 4.98 Å². The van der Waals surface area contributed by atoms with E-state index >= 15 is 0 Å². The molecule has 0 saturated carbocycles. The van der Waals surface area contributed by atoms with Crippen LogP contribution in [0.15, 0.2) is 104 Å². The molecule has 36 heavy (non-hydrogen) atoms. The molecule has 0 spiro atoms. The topological polar surface area (TPSA) is 56.5 Å². The van der Waals surface area contributed by atoms with Gasteiger partial charge in [-0.25, -0.2) is 19.9 Å². The second-order valence-corrected chi connectivity index (χ2v) is 9.71. The molecule has 0 unspecified atom stereocenters. The number of fused-ring (bicyclic) bond motifs is 2. The zero-order valence-corrected chi connectivity index (χ0v) is 20.1. The van der Waals surface area contributed by atoms with Crippen molar-refractivity contribution in [2.45, 2.75) is 19.3 Å². The van der Waals surface area contributed by atoms with Crippen molar-refractivity contribution in [1.29, 1.82) is 0 Å². The molecular formula is C31H23N5. The van der Waals surface area contributed by atoms with Gasteiger partial charge in [0.25, 0.3) is 0 Å². The Morgan fingerprint density at radius 3 is 2.14 bits per heavy atom. The summed E-state index contributed by atoms with van der Waals surface area (Å²) < 4.78 is 2.21. The Kier molecular flexibility index (Phi) is 4.42. The molecule has 5 heteroatoms. The molecule has 0 amide bonds. The Bertz CT molecular complexity index is 1750. The lowest BCUT2D eigenvalue weighted by Gasteiger charge is -2.34. The molecule has 5 nitrogen and oxygen atoms in total. The summed E-state index contributed by atoms with van der Waals surface area (Å²) in [6.07, 6.45) is 3.04. The van der Waals surface area contributed by atoms with Crippen molar-refractivity contribution in [2.75, 3.05) is 0 Å². The molecule has 2 aromatic heterocycles. The Morgan fingerprint density at radius 1 is 0.639 bits per heavy atom. The monoisotopic (exact) mass is 465 g/mol. The predicted molar refractivity (Wildman–Crippen MR) is 143 cm³/mol. The standard InChI is InChI=1S/C31H23N5/c1-31(2)24-12-7-13-26-28(24)36(30(35-26)29-33-18-32-19-34-29)27-15-14-23(17-25(27)31)22-11-6-10-21(16-22)20-8-4-3-5-9-20/h3-19H,1-2H3. The first-order valence-electron chi connectivity index (χ1n) is 12.1. The van der Waals surface area contributed by atoms with Gasteiger partial charge < -0.3 is 0 Å². The Labute approximate surface area is 209 Å². The lowest BCUT2D eigenvalue weighted by Crippen LogP contribution is -2.26. The third-order valence-corrected chi connectivity index (χ3v) is 7.26. The normalized spacial score (nSPS) is 13.5. The van der Waals surface area contributed by atoms with Gasteiger partial charge in [-0.15, -0.1) is 0 Å². The maximum absolute atomic E-state index is 4.95. The third-order valence-electron chi connectivity index (χ3n) is 7.26. The fourth-order valence-corrected chi connectivity index (χ4v) is 5.44. The molecule has 0 radical (unpaired) electrons. The molecule has 0 saturated heterocycles. The smallest absolute Gasteiger partial charge is 0.199 e. The molecule has 7 rings (SSSR count). The van der Waals surface area contributed by atoms with Crippen LogP contribution in [-0.2, 0) is 5.41 Å². The van der Waals surface area contributed by atoms with E-state index in [-0.39, 0.29) is 5.41 Å². The average molecular weight is 466 g/mol. The van der Waals surface area contributed by atoms with Crippen molar-refractivity contribution >= 4 is 11.0 Å². The van der Waals surface area contributed by atoms with Crippen molar-refractivity contribution in [3.8, 4) is 39.6 Å². The first kappa shape index (κ1) is 20.7. The summed E-state index contributed by atoms with van der Waals surface area (Å²) in [6, 6.07) is 32.4. The van der Waals surface area contributed by atoms with Gasteiger partial charge in [0.05, 0.1) is 16.7 Å². The van der Waals surface area contributed by atoms with Crippen LogP contribution in [0.1, 0.15) is 25.0 Å². The molecule has 0 aliphatic carbocycles. The first-order valence-corrected chi connectivity index (χ1v) is 12.1. The van der Waals surface area contributed by atoms with Crippen LogP contribution in [0.2, 0.25) is 0 Å². The van der Waals surface area contributed by atoms with Gasteiger partial charge in [-0.1, -0.05) is 80.6 Å². The number of para-hydroxylation sites is 1. The highest BCUT2D eigenvalue weighted by Gasteiger charge is 2.36. The molecule has 0 N–H and O–H groups in total. The van der Waals surface area contributed by atoms with Crippen molar-refractivity contribution in [3.05, 3.63) is 115 Å². The molecule has 0 fully saturated rings. The van der Waals surface area contributed by atoms with E-state index in [1.54, 1.807) is 0 Å². The minimum atomic E-state index is -0.200. The SMILES string of the molecule is CC1(C)c2cc(-c3cccc(-c4ccccc4)c3)ccc2-n2c(-c3ncncn3)nc3cccc1c32. The van der Waals surface area contributed by atoms with Gasteiger partial charge in [-0.2, -0.15) is 0 Å². The molecule has 3 heterocycles. The molecule has 6 aromatic rings. The number of nitrogens with zero attached hydrogens (tertiary/aromatic N) is 5. The number of hydrogen-bond donors (Lipinski definition) is 0. The van der Waals surface area contributed by atoms with E-state index in [0.717, 1.165) is 22.5 Å². The first-order chi connectivity index (χ1) is 17.6. The summed E-state index contributed by atoms with van der Waals surface area (Å²) in [5.74, 6) is 1.30. The molecule has 1 aliphatic heterocycles. The van der Waals surface area contributed by atoms with Crippen molar-refractivity contribution < 1.29 is 0 Å². The molecule has 1 aliphatic rings. The van der Waals surface area contributed by atoms with E-state index in [1.807, 2.05) is 0 Å². The van der Waals surface area contributed by atoms with E-state index in [1.165, 1.54) is 46.0 Å². The Hall–Kier alpha value is -4.64. The fourth-order valence-electron chi connectivity index (χ4n) is 5.44. The minimum absolute atomic E-state index is 0.200. The number of rotatable bonds is 3. The number of hydrogen-bond acceptors (Lipinski definition) is 4. The van der Waals surface area contributed by atoms with Crippen LogP contribution in [-0.4, -0.2) is 24.5 Å². The Morgan fingerprint density at radius 2 is 1.33 bits per heavy atom. The van der Waals surface area contributed by atoms with E-state index in [0.29, 0.717) is 5.82 Å². The summed E-state index contributed by atoms with van der Waals surface area (Å²) in [5, 5.41) is 0. The third kappa shape index (κ3) is 3.02. The second kappa shape index (κ2) is 7.68. The number of imidazole rings is 1. The average Bonchev–Trinajstić information content (AvgIpc) is 3.33. The van der Waals surface area contributed by atoms with Gasteiger partial charge >= 0.3 is 0 Å². The highest BCUT2D eigenvalue weighted by atomic mass is 15.1. The molecule has 0 atom stereocenters. The van der Waals surface area contributed by atoms with Crippen LogP contribution in [0.3, 0.4) is 0 Å². The second-order valence-electron chi connectivity index (χ2n) is 9.71. The summed E-state index contributed by atoms with van der Waals surface area (Å²) in [6.45, 7) is 4.59. The number of benzene rings is 4. The van der Waals surface area contributed by atoms with Gasteiger partial charge in [0, 0.05) is 5.41 Å². The van der Waals surface area contributed by atoms with Crippen LogP contribution < -0.4 is 0 Å². The highest BCUT2D eigenvalue weighted by Crippen LogP contribution is 2.46. The zero-order chi connectivity index (χ0) is 24.3. The molecular weight excluding hydrogens is 442 g/mol. The summed E-state index contributed by atoms with van der Waals surface area (Å²) >= 11 is 0. The highest BCUT2D eigenvalue weighted by molar-refractivity contribution is 5.90. The summed E-state index contributed by atoms with van der Waals surface area (Å²) in [7, 11) is 0. The Balaban J connectivity index is 1.45. The van der Waals surface area contributed by atoms with Gasteiger partial charge in [-0.05, 0) is 57.6 Å². The van der Waals surface area contributed by atoms with Crippen molar-refractivity contribution in [1.82, 2.24) is 24.5 Å². The minimum Gasteiger partial charge on any atom is -0.289 e. The largest absolute Gasteiger partial charge is 0.289 e. The van der Waals surface area contributed by atoms with Crippen LogP contribution in [0.5, 0.6) is 0 Å². The van der Waals surface area contributed by atoms with Gasteiger partial charge in [0.15, 0.2) is 11.6 Å². The maximum Gasteiger partial charge on any atom is 0.199 e. The van der Waals surface area contributed by atoms with E-state index < -0.39 is 0 Å². The van der Waals surface area contributed by atoms with Crippen molar-refractivity contribution in [2.24, 2.45) is 0 Å².